The highest BCUT2D eigenvalue weighted by atomic mass is 35.5. The summed E-state index contributed by atoms with van der Waals surface area (Å²) in [5.41, 5.74) is 10.5. The van der Waals surface area contributed by atoms with E-state index in [1.807, 2.05) is 123 Å². The summed E-state index contributed by atoms with van der Waals surface area (Å²) in [4.78, 5) is 12.1. The summed E-state index contributed by atoms with van der Waals surface area (Å²) in [7, 11) is 1.53. The molecule has 0 saturated heterocycles. The molecule has 67 heavy (non-hydrogen) atoms. The second-order valence-corrected chi connectivity index (χ2v) is 22.8. The van der Waals surface area contributed by atoms with Gasteiger partial charge < -0.3 is 9.80 Å². The highest BCUT2D eigenvalue weighted by Crippen LogP contribution is 2.40. The van der Waals surface area contributed by atoms with Crippen LogP contribution in [0.4, 0.5) is 11.4 Å². The van der Waals surface area contributed by atoms with E-state index in [1.54, 1.807) is 31.2 Å². The summed E-state index contributed by atoms with van der Waals surface area (Å²) in [6, 6.07) is 33.4. The van der Waals surface area contributed by atoms with Crippen molar-refractivity contribution in [2.45, 2.75) is 68.3 Å². The Bertz CT molecular complexity index is 2970. The van der Waals surface area contributed by atoms with Gasteiger partial charge in [-0.3, -0.25) is 0 Å². The van der Waals surface area contributed by atoms with E-state index in [1.165, 1.54) is 6.26 Å². The molecule has 14 heteroatoms. The van der Waals surface area contributed by atoms with Gasteiger partial charge in [-0.25, -0.2) is 26.5 Å². The van der Waals surface area contributed by atoms with Crippen LogP contribution < -0.4 is 0 Å². The van der Waals surface area contributed by atoms with E-state index in [0.29, 0.717) is 54.3 Å². The van der Waals surface area contributed by atoms with Crippen molar-refractivity contribution in [1.29, 1.82) is 0 Å². The fraction of sp³-hybridized carbons (Fsp3) is 0.283. The first-order chi connectivity index (χ1) is 31.7. The van der Waals surface area contributed by atoms with Gasteiger partial charge in [0.05, 0.1) is 48.8 Å². The van der Waals surface area contributed by atoms with E-state index in [0.717, 1.165) is 94.2 Å². The van der Waals surface area contributed by atoms with Gasteiger partial charge in [0.25, 0.3) is 0 Å². The van der Waals surface area contributed by atoms with E-state index in [9.17, 15) is 16.8 Å². The average Bonchev–Trinajstić information content (AvgIpc) is 3.26. The van der Waals surface area contributed by atoms with Crippen LogP contribution in [0.2, 0.25) is 20.1 Å². The van der Waals surface area contributed by atoms with Crippen molar-refractivity contribution >= 4 is 77.5 Å². The van der Waals surface area contributed by atoms with Crippen molar-refractivity contribution < 1.29 is 16.8 Å². The molecular formula is C53H54Cl4N4O4S2. The fourth-order valence-corrected chi connectivity index (χ4v) is 10.6. The van der Waals surface area contributed by atoms with Crippen molar-refractivity contribution in [2.24, 2.45) is 0 Å². The zero-order valence-electron chi connectivity index (χ0n) is 38.5. The van der Waals surface area contributed by atoms with Gasteiger partial charge in [-0.05, 0) is 172 Å². The Hall–Kier alpha value is -4.72. The molecule has 6 rings (SSSR count). The Balaban J connectivity index is 0.000000251. The number of hydrogen-bond acceptors (Lipinski definition) is 6. The lowest BCUT2D eigenvalue weighted by atomic mass is 9.98. The van der Waals surface area contributed by atoms with Crippen LogP contribution in [0.15, 0.2) is 119 Å². The summed E-state index contributed by atoms with van der Waals surface area (Å²) in [6.45, 7) is 18.1. The lowest BCUT2D eigenvalue weighted by Crippen LogP contribution is -2.10. The third kappa shape index (κ3) is 14.9. The Morgan fingerprint density at radius 3 is 1.15 bits per heavy atom. The van der Waals surface area contributed by atoms with Gasteiger partial charge in [0, 0.05) is 30.5 Å². The third-order valence-corrected chi connectivity index (χ3v) is 15.1. The maximum Gasteiger partial charge on any atom is 0.192 e. The molecule has 0 aliphatic heterocycles. The minimum Gasteiger partial charge on any atom is -0.306 e. The van der Waals surface area contributed by atoms with Gasteiger partial charge in [0.15, 0.2) is 31.0 Å². The summed E-state index contributed by atoms with van der Waals surface area (Å²) >= 11 is 26.5. The summed E-state index contributed by atoms with van der Waals surface area (Å²) in [5, 5.41) is 2.25. The molecule has 0 unspecified atom stereocenters. The normalized spacial score (nSPS) is 11.6. The van der Waals surface area contributed by atoms with Gasteiger partial charge in [-0.2, -0.15) is 0 Å². The van der Waals surface area contributed by atoms with Gasteiger partial charge >= 0.3 is 0 Å². The molecule has 8 nitrogen and oxygen atoms in total. The molecule has 0 aromatic heterocycles. The molecule has 0 aliphatic rings. The van der Waals surface area contributed by atoms with Crippen LogP contribution in [0.25, 0.3) is 31.9 Å². The SMILES string of the molecule is [C-]#[N+]c1cc(-c2c(Cl)cc(CCCc3ccc(S(=O)(=O)CC)cc3)cc2Cl)ccc1CN(C)C.[C-]#[N+]c1cc(-c2c(Cl)cc(CCCc3ccc(S(C)(=O)=O)cc3)cc2Cl)ccc1CN(C)C. The van der Waals surface area contributed by atoms with Crippen LogP contribution in [0.1, 0.15) is 53.1 Å². The number of benzene rings is 6. The van der Waals surface area contributed by atoms with Crippen LogP contribution in [0.5, 0.6) is 0 Å². The first-order valence-electron chi connectivity index (χ1n) is 21.6. The number of aryl methyl sites for hydroxylation is 4. The molecule has 0 bridgehead atoms. The van der Waals surface area contributed by atoms with Crippen molar-refractivity contribution in [3.05, 3.63) is 186 Å². The molecule has 0 fully saturated rings. The predicted octanol–water partition coefficient (Wildman–Crippen LogP) is 14.1. The number of hydrogen-bond donors (Lipinski definition) is 0. The van der Waals surface area contributed by atoms with E-state index in [-0.39, 0.29) is 5.75 Å². The number of halogens is 4. The van der Waals surface area contributed by atoms with Crippen LogP contribution in [-0.2, 0) is 58.4 Å². The quantitative estimate of drug-likeness (QED) is 0.0847. The number of rotatable bonds is 17. The van der Waals surface area contributed by atoms with E-state index < -0.39 is 19.7 Å². The van der Waals surface area contributed by atoms with Gasteiger partial charge in [-0.1, -0.05) is 102 Å². The molecule has 0 N–H and O–H groups in total. The monoisotopic (exact) mass is 1010 g/mol. The Morgan fingerprint density at radius 1 is 0.493 bits per heavy atom. The van der Waals surface area contributed by atoms with E-state index in [4.69, 9.17) is 59.5 Å². The van der Waals surface area contributed by atoms with Gasteiger partial charge in [-0.15, -0.1) is 0 Å². The molecule has 6 aromatic rings. The van der Waals surface area contributed by atoms with Crippen LogP contribution in [0.3, 0.4) is 0 Å². The van der Waals surface area contributed by atoms with Crippen molar-refractivity contribution in [3.8, 4) is 22.3 Å². The minimum absolute atomic E-state index is 0.100. The van der Waals surface area contributed by atoms with Gasteiger partial charge in [0.2, 0.25) is 0 Å². The molecular weight excluding hydrogens is 963 g/mol. The second-order valence-electron chi connectivity index (χ2n) is 16.9. The van der Waals surface area contributed by atoms with Gasteiger partial charge in [0.1, 0.15) is 0 Å². The zero-order valence-corrected chi connectivity index (χ0v) is 43.2. The Kier molecular flexibility index (Phi) is 19.1. The predicted molar refractivity (Wildman–Crippen MR) is 279 cm³/mol. The zero-order chi connectivity index (χ0) is 49.1. The molecule has 0 saturated carbocycles. The lowest BCUT2D eigenvalue weighted by molar-refractivity contribution is 0.403. The maximum atomic E-state index is 12.0. The maximum absolute atomic E-state index is 12.0. The lowest BCUT2D eigenvalue weighted by Gasteiger charge is -2.14. The molecule has 0 radical (unpaired) electrons. The Morgan fingerprint density at radius 2 is 0.836 bits per heavy atom. The van der Waals surface area contributed by atoms with E-state index >= 15 is 0 Å². The first kappa shape index (κ1) is 53.2. The number of nitrogens with zero attached hydrogens (tertiary/aromatic N) is 4. The molecule has 350 valence electrons. The minimum atomic E-state index is -3.18. The molecule has 0 spiro atoms. The second kappa shape index (κ2) is 24.0. The topological polar surface area (TPSA) is 83.5 Å². The van der Waals surface area contributed by atoms with Crippen molar-refractivity contribution in [1.82, 2.24) is 9.80 Å². The van der Waals surface area contributed by atoms with Crippen LogP contribution in [-0.4, -0.2) is 66.8 Å². The van der Waals surface area contributed by atoms with Crippen LogP contribution in [0, 0.1) is 13.1 Å². The molecule has 0 heterocycles. The Labute approximate surface area is 417 Å². The largest absolute Gasteiger partial charge is 0.306 e. The molecule has 0 atom stereocenters. The standard InChI is InChI=1S/C27H28Cl2N2O2S.C26H26Cl2N2O2S/c1-5-34(32,33)23-13-9-19(10-14-23)7-6-8-20-15-24(28)27(25(29)16-20)21-11-12-22(18-31(3)4)26(17-21)30-2;1-29-25-16-20(10-11-21(25)17-30(2)3)26-23(27)14-19(15-24(26)28)7-5-6-18-8-12-22(13-9-18)33(4,31)32/h9-17H,5-8,18H2,1,3-4H3;8-16H,5-7,17H2,2-4H3. The number of sulfone groups is 2. The smallest absolute Gasteiger partial charge is 0.192 e. The average molecular weight is 1020 g/mol. The molecule has 0 amide bonds. The third-order valence-electron chi connectivity index (χ3n) is 11.0. The summed E-state index contributed by atoms with van der Waals surface area (Å²) in [5.74, 6) is 0.100. The van der Waals surface area contributed by atoms with Crippen molar-refractivity contribution in [2.75, 3.05) is 40.2 Å². The van der Waals surface area contributed by atoms with Crippen LogP contribution >= 0.6 is 46.4 Å². The summed E-state index contributed by atoms with van der Waals surface area (Å²) < 4.78 is 47.1. The van der Waals surface area contributed by atoms with Crippen molar-refractivity contribution in [3.63, 3.8) is 0 Å². The highest BCUT2D eigenvalue weighted by molar-refractivity contribution is 7.91. The summed E-state index contributed by atoms with van der Waals surface area (Å²) in [6.07, 6.45) is 6.21. The fourth-order valence-electron chi connectivity index (χ4n) is 7.61. The first-order valence-corrected chi connectivity index (χ1v) is 26.7. The molecule has 6 aromatic carbocycles. The van der Waals surface area contributed by atoms with E-state index in [2.05, 4.69) is 9.69 Å². The molecule has 0 aliphatic carbocycles. The highest BCUT2D eigenvalue weighted by Gasteiger charge is 2.16.